The lowest BCUT2D eigenvalue weighted by Crippen LogP contribution is -2.48. The minimum atomic E-state index is -0.962. The number of aromatic hydroxyl groups is 1. The molecule has 1 aromatic carbocycles. The second-order valence-corrected chi connectivity index (χ2v) is 18.8. The number of carbonyl (C=O) groups is 7. The third kappa shape index (κ3) is 44.0. The highest BCUT2D eigenvalue weighted by molar-refractivity contribution is 5.87. The topological polar surface area (TPSA) is 315 Å². The number of unbranched alkanes of at least 4 members (excludes halogenated alkanes) is 14. The van der Waals surface area contributed by atoms with Gasteiger partial charge < -0.3 is 66.6 Å². The van der Waals surface area contributed by atoms with Gasteiger partial charge in [-0.15, -0.1) is 0 Å². The summed E-state index contributed by atoms with van der Waals surface area (Å²) in [6, 6.07) is 4.53. The Labute approximate surface area is 452 Å². The highest BCUT2D eigenvalue weighted by Crippen LogP contribution is 2.16. The van der Waals surface area contributed by atoms with Crippen LogP contribution in [-0.4, -0.2) is 161 Å². The first-order chi connectivity index (χ1) is 36.6. The van der Waals surface area contributed by atoms with Crippen LogP contribution in [0.1, 0.15) is 154 Å². The van der Waals surface area contributed by atoms with E-state index >= 15 is 0 Å². The lowest BCUT2D eigenvalue weighted by molar-refractivity contribution is -0.140. The van der Waals surface area contributed by atoms with Gasteiger partial charge in [-0.3, -0.25) is 34.1 Å². The molecule has 0 aliphatic carbocycles. The zero-order chi connectivity index (χ0) is 56.4. The smallest absolute Gasteiger partial charge is 0.326 e. The van der Waals surface area contributed by atoms with E-state index in [2.05, 4.69) is 38.5 Å². The van der Waals surface area contributed by atoms with Crippen LogP contribution in [0.25, 0.3) is 0 Å². The Kier molecular flexibility index (Phi) is 46.0. The molecule has 0 spiro atoms. The zero-order valence-electron chi connectivity index (χ0n) is 46.2. The maximum atomic E-state index is 12.6. The van der Waals surface area contributed by atoms with Gasteiger partial charge in [0.15, 0.2) is 5.78 Å². The molecule has 1 aromatic rings. The number of ketones is 1. The summed E-state index contributed by atoms with van der Waals surface area (Å²) in [5.41, 5.74) is 7.02. The van der Waals surface area contributed by atoms with Gasteiger partial charge in [0.1, 0.15) is 25.0 Å². The molecule has 21 heteroatoms. The first-order valence-electron chi connectivity index (χ1n) is 27.5. The van der Waals surface area contributed by atoms with Crippen molar-refractivity contribution in [1.29, 1.82) is 0 Å². The summed E-state index contributed by atoms with van der Waals surface area (Å²) in [4.78, 5) is 81.4. The molecule has 436 valence electrons. The number of amides is 4. The van der Waals surface area contributed by atoms with Crippen molar-refractivity contribution >= 4 is 41.4 Å². The summed E-state index contributed by atoms with van der Waals surface area (Å²) in [5.74, 6) is -2.79. The number of carboxylic acid groups (broad SMARTS) is 2. The van der Waals surface area contributed by atoms with Crippen LogP contribution in [0.3, 0.4) is 0 Å². The van der Waals surface area contributed by atoms with Gasteiger partial charge in [0.05, 0.1) is 45.1 Å². The summed E-state index contributed by atoms with van der Waals surface area (Å²) in [5, 5.41) is 44.5. The SMILES string of the molecule is C=C(CCCCCCCCCCCCCCCCC(=O)O)N[C@@H](CCC(=O)NCCOCCC)C(=O)O.CN[C@@H](CCCCNC(=O)COCCOCCNC(=O)COC)C(=O)CN[C@@H](Cc1ccc(O)cc1)C(N)=O. The number of nitrogens with two attached hydrogens (primary N) is 1. The van der Waals surface area contributed by atoms with Crippen molar-refractivity contribution in [2.24, 2.45) is 5.73 Å². The number of rotatable bonds is 51. The molecule has 21 nitrogen and oxygen atoms in total. The number of methoxy groups -OCH3 is 1. The van der Waals surface area contributed by atoms with Crippen LogP contribution >= 0.6 is 0 Å². The Hall–Kier alpha value is -5.19. The Morgan fingerprint density at radius 2 is 1.12 bits per heavy atom. The summed E-state index contributed by atoms with van der Waals surface area (Å²) in [6.07, 6.45) is 21.1. The van der Waals surface area contributed by atoms with E-state index in [1.165, 1.54) is 77.0 Å². The number of nitrogens with one attached hydrogen (secondary N) is 6. The molecule has 0 bridgehead atoms. The van der Waals surface area contributed by atoms with Crippen molar-refractivity contribution in [3.63, 3.8) is 0 Å². The molecular formula is C55H97N7O14. The fraction of sp³-hybridized carbons (Fsp3) is 0.727. The number of phenols is 1. The minimum Gasteiger partial charge on any atom is -0.508 e. The molecule has 76 heavy (non-hydrogen) atoms. The number of carboxylic acids is 2. The average molecular weight is 1080 g/mol. The molecule has 4 amide bonds. The van der Waals surface area contributed by atoms with Crippen LogP contribution in [0.4, 0.5) is 0 Å². The highest BCUT2D eigenvalue weighted by atomic mass is 16.5. The van der Waals surface area contributed by atoms with Crippen LogP contribution in [0.5, 0.6) is 5.75 Å². The Morgan fingerprint density at radius 1 is 0.592 bits per heavy atom. The van der Waals surface area contributed by atoms with Gasteiger partial charge in [-0.2, -0.15) is 0 Å². The Bertz CT molecular complexity index is 1720. The molecule has 0 radical (unpaired) electrons. The molecule has 0 aromatic heterocycles. The van der Waals surface area contributed by atoms with Crippen LogP contribution in [0, 0.1) is 0 Å². The summed E-state index contributed by atoms with van der Waals surface area (Å²) < 4.78 is 20.6. The van der Waals surface area contributed by atoms with Crippen molar-refractivity contribution < 1.29 is 67.8 Å². The fourth-order valence-corrected chi connectivity index (χ4v) is 7.72. The van der Waals surface area contributed by atoms with Gasteiger partial charge in [-0.05, 0) is 82.5 Å². The monoisotopic (exact) mass is 1080 g/mol. The van der Waals surface area contributed by atoms with Gasteiger partial charge in [-0.1, -0.05) is 103 Å². The molecule has 0 aliphatic heterocycles. The van der Waals surface area contributed by atoms with E-state index < -0.39 is 36.0 Å². The van der Waals surface area contributed by atoms with E-state index in [-0.39, 0.29) is 68.5 Å². The Morgan fingerprint density at radius 3 is 1.66 bits per heavy atom. The number of hydrogen-bond acceptors (Lipinski definition) is 15. The molecule has 0 saturated carbocycles. The number of benzene rings is 1. The molecule has 0 fully saturated rings. The van der Waals surface area contributed by atoms with E-state index in [9.17, 15) is 43.8 Å². The van der Waals surface area contributed by atoms with E-state index in [1.54, 1.807) is 19.2 Å². The number of likely N-dealkylation sites (N-methyl/N-ethyl adjacent to an activating group) is 1. The number of ether oxygens (including phenoxy) is 4. The summed E-state index contributed by atoms with van der Waals surface area (Å²) in [7, 11) is 3.14. The maximum Gasteiger partial charge on any atom is 0.326 e. The van der Waals surface area contributed by atoms with E-state index in [0.29, 0.717) is 78.2 Å². The normalized spacial score (nSPS) is 12.1. The van der Waals surface area contributed by atoms with E-state index in [4.69, 9.17) is 29.8 Å². The second-order valence-electron chi connectivity index (χ2n) is 18.8. The number of carbonyl (C=O) groups excluding carboxylic acids is 5. The molecule has 3 atom stereocenters. The molecule has 1 rings (SSSR count). The number of Topliss-reactive ketones (excluding diaryl/α,β-unsaturated/α-hetero) is 1. The van der Waals surface area contributed by atoms with Gasteiger partial charge in [0.25, 0.3) is 0 Å². The minimum absolute atomic E-state index is 0.00649. The highest BCUT2D eigenvalue weighted by Gasteiger charge is 2.22. The standard InChI is InChI=1S/C29H54N2O6.C26H43N5O8/c1-3-23-37-24-22-30-27(32)21-20-26(29(35)36)31-25(2)18-16-14-12-10-8-6-4-5-7-9-11-13-15-17-19-28(33)34;1-28-21(23(33)16-31-22(26(27)36)15-19-6-8-20(32)9-7-19)5-3-4-10-29-25(35)18-39-14-13-38-12-11-30-24(34)17-37-2/h26,31H,2-24H2,1H3,(H,30,32)(H,33,34)(H,35,36);6-9,21-22,28,31-32H,3-5,10-18H2,1-2H3,(H2,27,36)(H,29,35)(H,30,34)/t26-;21-,22-/m00/s1. The maximum absolute atomic E-state index is 12.6. The number of phenolic OH excluding ortho intramolecular Hbond substituents is 1. The summed E-state index contributed by atoms with van der Waals surface area (Å²) >= 11 is 0. The Balaban J connectivity index is 0.00000148. The van der Waals surface area contributed by atoms with Crippen molar-refractivity contribution in [1.82, 2.24) is 31.9 Å². The molecular weight excluding hydrogens is 983 g/mol. The van der Waals surface area contributed by atoms with Crippen molar-refractivity contribution in [2.45, 2.75) is 173 Å². The van der Waals surface area contributed by atoms with Crippen LogP contribution in [-0.2, 0) is 58.9 Å². The largest absolute Gasteiger partial charge is 0.508 e. The summed E-state index contributed by atoms with van der Waals surface area (Å²) in [6.45, 7) is 9.21. The van der Waals surface area contributed by atoms with Gasteiger partial charge in [-0.25, -0.2) is 4.79 Å². The third-order valence-corrected chi connectivity index (χ3v) is 12.0. The van der Waals surface area contributed by atoms with Crippen LogP contribution in [0.2, 0.25) is 0 Å². The van der Waals surface area contributed by atoms with Gasteiger partial charge in [0.2, 0.25) is 23.6 Å². The zero-order valence-corrected chi connectivity index (χ0v) is 46.2. The second kappa shape index (κ2) is 49.4. The van der Waals surface area contributed by atoms with Crippen LogP contribution < -0.4 is 37.6 Å². The van der Waals surface area contributed by atoms with Gasteiger partial charge >= 0.3 is 11.9 Å². The quantitative estimate of drug-likeness (QED) is 0.0392. The molecule has 0 heterocycles. The van der Waals surface area contributed by atoms with E-state index in [1.807, 2.05) is 6.92 Å². The number of hydrogen-bond donors (Lipinski definition) is 10. The predicted molar refractivity (Wildman–Crippen MR) is 293 cm³/mol. The van der Waals surface area contributed by atoms with Crippen molar-refractivity contribution in [3.8, 4) is 5.75 Å². The fourth-order valence-electron chi connectivity index (χ4n) is 7.72. The average Bonchev–Trinajstić information content (AvgIpc) is 3.38. The number of allylic oxidation sites excluding steroid dienone is 1. The molecule has 0 unspecified atom stereocenters. The van der Waals surface area contributed by atoms with Crippen LogP contribution in [0.15, 0.2) is 36.5 Å². The predicted octanol–water partition coefficient (Wildman–Crippen LogP) is 4.81. The lowest BCUT2D eigenvalue weighted by atomic mass is 10.0. The molecule has 0 aliphatic rings. The first-order valence-corrected chi connectivity index (χ1v) is 27.5. The first kappa shape index (κ1) is 70.8. The number of aliphatic carboxylic acids is 2. The lowest BCUT2D eigenvalue weighted by Gasteiger charge is -2.19. The van der Waals surface area contributed by atoms with Crippen molar-refractivity contribution in [2.75, 3.05) is 86.6 Å². The third-order valence-electron chi connectivity index (χ3n) is 12.0. The molecule has 0 saturated heterocycles. The van der Waals surface area contributed by atoms with Crippen molar-refractivity contribution in [3.05, 3.63) is 42.1 Å². The molecule has 11 N–H and O–H groups in total. The number of primary amides is 1. The van der Waals surface area contributed by atoms with Gasteiger partial charge in [0, 0.05) is 51.9 Å². The van der Waals surface area contributed by atoms with E-state index in [0.717, 1.165) is 56.2 Å².